The SMILES string of the molecule is C=CCn1c(=NC(=O)c2sc3ccccc3c2Cl)sc2cc(OCC)ccc21. The predicted molar refractivity (Wildman–Crippen MR) is 118 cm³/mol. The van der Waals surface area contributed by atoms with Crippen molar-refractivity contribution in [1.29, 1.82) is 0 Å². The maximum absolute atomic E-state index is 12.9. The van der Waals surface area contributed by atoms with Crippen LogP contribution < -0.4 is 9.54 Å². The van der Waals surface area contributed by atoms with Gasteiger partial charge in [0.05, 0.1) is 21.8 Å². The molecule has 0 saturated carbocycles. The van der Waals surface area contributed by atoms with E-state index in [1.54, 1.807) is 6.08 Å². The summed E-state index contributed by atoms with van der Waals surface area (Å²) in [5.41, 5.74) is 0.988. The Bertz CT molecular complexity index is 1270. The highest BCUT2D eigenvalue weighted by Gasteiger charge is 2.17. The molecule has 28 heavy (non-hydrogen) atoms. The number of ether oxygens (including phenoxy) is 1. The number of carbonyl (C=O) groups is 1. The minimum atomic E-state index is -0.333. The molecular weight excluding hydrogens is 412 g/mol. The molecule has 4 rings (SSSR count). The monoisotopic (exact) mass is 428 g/mol. The Morgan fingerprint density at radius 2 is 2.07 bits per heavy atom. The Labute approximate surface area is 175 Å². The van der Waals surface area contributed by atoms with Crippen LogP contribution >= 0.6 is 34.3 Å². The maximum atomic E-state index is 12.9. The summed E-state index contributed by atoms with van der Waals surface area (Å²) >= 11 is 9.26. The molecule has 2 aromatic carbocycles. The molecule has 0 aliphatic carbocycles. The quantitative estimate of drug-likeness (QED) is 0.371. The number of allylic oxidation sites excluding steroid dienone is 1. The van der Waals surface area contributed by atoms with Crippen molar-refractivity contribution in [2.24, 2.45) is 4.99 Å². The smallest absolute Gasteiger partial charge is 0.291 e. The lowest BCUT2D eigenvalue weighted by Crippen LogP contribution is -2.16. The van der Waals surface area contributed by atoms with Gasteiger partial charge in [-0.3, -0.25) is 4.79 Å². The summed E-state index contributed by atoms with van der Waals surface area (Å²) in [7, 11) is 0. The highest BCUT2D eigenvalue weighted by atomic mass is 35.5. The zero-order valence-corrected chi connectivity index (χ0v) is 17.5. The molecule has 2 aromatic heterocycles. The lowest BCUT2D eigenvalue weighted by molar-refractivity contribution is 0.100. The fraction of sp³-hybridized carbons (Fsp3) is 0.143. The molecule has 0 bridgehead atoms. The van der Waals surface area contributed by atoms with Crippen molar-refractivity contribution in [1.82, 2.24) is 4.57 Å². The molecule has 0 unspecified atom stereocenters. The topological polar surface area (TPSA) is 43.6 Å². The number of carbonyl (C=O) groups excluding carboxylic acids is 1. The van der Waals surface area contributed by atoms with Crippen LogP contribution in [0.15, 0.2) is 60.1 Å². The number of thiazole rings is 1. The third-order valence-corrected chi connectivity index (χ3v) is 6.91. The average molecular weight is 429 g/mol. The largest absolute Gasteiger partial charge is 0.494 e. The standard InChI is InChI=1S/C21H17ClN2O2S2/c1-3-11-24-15-10-9-13(26-4-2)12-17(15)28-21(24)23-20(25)19-18(22)14-7-5-6-8-16(14)27-19/h3,5-10,12H,1,4,11H2,2H3. The molecule has 0 atom stereocenters. The van der Waals surface area contributed by atoms with Crippen molar-refractivity contribution < 1.29 is 9.53 Å². The molecule has 2 heterocycles. The van der Waals surface area contributed by atoms with Gasteiger partial charge in [-0.25, -0.2) is 0 Å². The summed E-state index contributed by atoms with van der Waals surface area (Å²) in [5.74, 6) is 0.466. The number of aromatic nitrogens is 1. The van der Waals surface area contributed by atoms with E-state index >= 15 is 0 Å². The van der Waals surface area contributed by atoms with Crippen LogP contribution in [0.5, 0.6) is 5.75 Å². The number of hydrogen-bond acceptors (Lipinski definition) is 4. The number of halogens is 1. The highest BCUT2D eigenvalue weighted by Crippen LogP contribution is 2.35. The Balaban J connectivity index is 1.84. The molecule has 4 nitrogen and oxygen atoms in total. The summed E-state index contributed by atoms with van der Waals surface area (Å²) in [6.07, 6.45) is 1.79. The van der Waals surface area contributed by atoms with Crippen molar-refractivity contribution in [3.63, 3.8) is 0 Å². The molecule has 0 radical (unpaired) electrons. The van der Waals surface area contributed by atoms with Crippen molar-refractivity contribution in [3.05, 3.63) is 69.8 Å². The lowest BCUT2D eigenvalue weighted by Gasteiger charge is -2.04. The number of thiophene rings is 1. The number of benzene rings is 2. The van der Waals surface area contributed by atoms with Crippen molar-refractivity contribution >= 4 is 60.5 Å². The van der Waals surface area contributed by atoms with Gasteiger partial charge in [-0.15, -0.1) is 17.9 Å². The van der Waals surface area contributed by atoms with Crippen LogP contribution in [-0.4, -0.2) is 17.1 Å². The Kier molecular flexibility index (Phi) is 5.35. The average Bonchev–Trinajstić information content (AvgIpc) is 3.20. The third kappa shape index (κ3) is 3.39. The number of rotatable bonds is 5. The molecule has 4 aromatic rings. The van der Waals surface area contributed by atoms with E-state index in [0.29, 0.717) is 27.9 Å². The summed E-state index contributed by atoms with van der Waals surface area (Å²) in [6, 6.07) is 13.6. The first-order valence-corrected chi connectivity index (χ1v) is 10.8. The summed E-state index contributed by atoms with van der Waals surface area (Å²) in [6.45, 7) is 6.93. The molecule has 0 fully saturated rings. The second-order valence-electron chi connectivity index (χ2n) is 6.00. The van der Waals surface area contributed by atoms with Gasteiger partial charge < -0.3 is 9.30 Å². The van der Waals surface area contributed by atoms with Gasteiger partial charge in [0.2, 0.25) is 0 Å². The van der Waals surface area contributed by atoms with Crippen LogP contribution in [0.1, 0.15) is 16.6 Å². The summed E-state index contributed by atoms with van der Waals surface area (Å²) in [5, 5.41) is 1.34. The molecule has 0 saturated heterocycles. The Morgan fingerprint density at radius 3 is 2.82 bits per heavy atom. The van der Waals surface area contributed by atoms with Gasteiger partial charge in [0, 0.05) is 16.6 Å². The molecule has 7 heteroatoms. The minimum absolute atomic E-state index is 0.333. The van der Waals surface area contributed by atoms with Crippen molar-refractivity contribution in [3.8, 4) is 5.75 Å². The van der Waals surface area contributed by atoms with E-state index in [4.69, 9.17) is 16.3 Å². The lowest BCUT2D eigenvalue weighted by atomic mass is 10.2. The molecule has 0 spiro atoms. The summed E-state index contributed by atoms with van der Waals surface area (Å²) < 4.78 is 9.54. The van der Waals surface area contributed by atoms with E-state index < -0.39 is 0 Å². The Morgan fingerprint density at radius 1 is 1.25 bits per heavy atom. The fourth-order valence-electron chi connectivity index (χ4n) is 2.99. The van der Waals surface area contributed by atoms with E-state index in [9.17, 15) is 4.79 Å². The maximum Gasteiger partial charge on any atom is 0.291 e. The number of amides is 1. The first-order valence-electron chi connectivity index (χ1n) is 8.75. The van der Waals surface area contributed by atoms with Gasteiger partial charge in [-0.2, -0.15) is 4.99 Å². The second-order valence-corrected chi connectivity index (χ2v) is 8.44. The normalized spacial score (nSPS) is 12.0. The molecule has 0 aliphatic heterocycles. The minimum Gasteiger partial charge on any atom is -0.494 e. The Hall–Kier alpha value is -2.41. The van der Waals surface area contributed by atoms with E-state index in [1.807, 2.05) is 54.0 Å². The number of nitrogens with zero attached hydrogens (tertiary/aromatic N) is 2. The zero-order chi connectivity index (χ0) is 19.7. The van der Waals surface area contributed by atoms with E-state index in [1.165, 1.54) is 22.7 Å². The molecule has 142 valence electrons. The fourth-order valence-corrected chi connectivity index (χ4v) is 5.45. The molecular formula is C21H17ClN2O2S2. The van der Waals surface area contributed by atoms with Gasteiger partial charge in [0.1, 0.15) is 10.6 Å². The van der Waals surface area contributed by atoms with Crippen LogP contribution in [0.25, 0.3) is 20.3 Å². The van der Waals surface area contributed by atoms with E-state index in [-0.39, 0.29) is 5.91 Å². The first kappa shape index (κ1) is 18.9. The number of fused-ring (bicyclic) bond motifs is 2. The third-order valence-electron chi connectivity index (χ3n) is 4.20. The second kappa shape index (κ2) is 7.91. The molecule has 0 N–H and O–H groups in total. The van der Waals surface area contributed by atoms with Gasteiger partial charge in [-0.05, 0) is 31.2 Å². The van der Waals surface area contributed by atoms with E-state index in [0.717, 1.165) is 26.1 Å². The van der Waals surface area contributed by atoms with Crippen LogP contribution in [0.4, 0.5) is 0 Å². The highest BCUT2D eigenvalue weighted by molar-refractivity contribution is 7.21. The van der Waals surface area contributed by atoms with Crippen molar-refractivity contribution in [2.75, 3.05) is 6.61 Å². The first-order chi connectivity index (χ1) is 13.6. The summed E-state index contributed by atoms with van der Waals surface area (Å²) in [4.78, 5) is 18.4. The van der Waals surface area contributed by atoms with Crippen LogP contribution in [0, 0.1) is 0 Å². The van der Waals surface area contributed by atoms with Gasteiger partial charge in [-0.1, -0.05) is 47.2 Å². The van der Waals surface area contributed by atoms with Gasteiger partial charge in [0.25, 0.3) is 5.91 Å². The van der Waals surface area contributed by atoms with Crippen LogP contribution in [0.3, 0.4) is 0 Å². The molecule has 1 amide bonds. The van der Waals surface area contributed by atoms with Crippen molar-refractivity contribution in [2.45, 2.75) is 13.5 Å². The van der Waals surface area contributed by atoms with Crippen LogP contribution in [0.2, 0.25) is 5.02 Å². The molecule has 0 aliphatic rings. The van der Waals surface area contributed by atoms with E-state index in [2.05, 4.69) is 11.6 Å². The van der Waals surface area contributed by atoms with Gasteiger partial charge >= 0.3 is 0 Å². The predicted octanol–water partition coefficient (Wildman–Crippen LogP) is 5.90. The zero-order valence-electron chi connectivity index (χ0n) is 15.1. The van der Waals surface area contributed by atoms with Gasteiger partial charge in [0.15, 0.2) is 4.80 Å². The number of hydrogen-bond donors (Lipinski definition) is 0. The van der Waals surface area contributed by atoms with Crippen LogP contribution in [-0.2, 0) is 6.54 Å².